The maximum Gasteiger partial charge on any atom is 0.342 e. The number of aromatic nitrogens is 3. The summed E-state index contributed by atoms with van der Waals surface area (Å²) in [4.78, 5) is 15.8. The monoisotopic (exact) mass is 503 g/mol. The Kier molecular flexibility index (Phi) is 5.67. The van der Waals surface area contributed by atoms with Gasteiger partial charge in [-0.2, -0.15) is 0 Å². The normalized spacial score (nSPS) is 11.7. The Morgan fingerprint density at radius 1 is 1.32 bits per heavy atom. The molecule has 2 heterocycles. The van der Waals surface area contributed by atoms with E-state index in [1.807, 2.05) is 0 Å². The zero-order valence-electron chi connectivity index (χ0n) is 12.2. The van der Waals surface area contributed by atoms with Crippen molar-refractivity contribution in [2.75, 3.05) is 0 Å². The lowest BCUT2D eigenvalue weighted by atomic mass is 10.2. The number of hydrogen-bond acceptors (Lipinski definition) is 5. The summed E-state index contributed by atoms with van der Waals surface area (Å²) >= 11 is 13.3. The van der Waals surface area contributed by atoms with Crippen molar-refractivity contribution in [2.45, 2.75) is 5.16 Å². The summed E-state index contributed by atoms with van der Waals surface area (Å²) in [6, 6.07) is 8.72. The minimum Gasteiger partial charge on any atom is -0.477 e. The zero-order valence-corrected chi connectivity index (χ0v) is 16.9. The van der Waals surface area contributed by atoms with E-state index >= 15 is 0 Å². The summed E-state index contributed by atoms with van der Waals surface area (Å²) in [7, 11) is 0. The molecule has 0 spiro atoms. The number of rotatable bonds is 5. The van der Waals surface area contributed by atoms with Gasteiger partial charge in [0, 0.05) is 16.7 Å². The van der Waals surface area contributed by atoms with Gasteiger partial charge in [-0.25, -0.2) is 9.78 Å². The van der Waals surface area contributed by atoms with E-state index in [0.29, 0.717) is 25.7 Å². The van der Waals surface area contributed by atoms with Gasteiger partial charge < -0.3 is 9.52 Å². The molecule has 0 saturated heterocycles. The van der Waals surface area contributed by atoms with Crippen molar-refractivity contribution in [3.63, 3.8) is 0 Å². The summed E-state index contributed by atoms with van der Waals surface area (Å²) in [6.07, 6.45) is 1.40. The molecule has 0 fully saturated rings. The van der Waals surface area contributed by atoms with E-state index in [2.05, 4.69) is 47.0 Å². The van der Waals surface area contributed by atoms with Gasteiger partial charge in [-0.3, -0.25) is 5.10 Å². The van der Waals surface area contributed by atoms with Crippen molar-refractivity contribution in [3.05, 3.63) is 55.2 Å². The number of carboxylic acids is 1. The molecular formula is C15H8Br2ClN3O3S. The third kappa shape index (κ3) is 4.55. The largest absolute Gasteiger partial charge is 0.477 e. The average Bonchev–Trinajstić information content (AvgIpc) is 3.14. The summed E-state index contributed by atoms with van der Waals surface area (Å²) in [5.41, 5.74) is 0.795. The Hall–Kier alpha value is -1.55. The maximum atomic E-state index is 11.5. The number of nitrogens with zero attached hydrogens (tertiary/aromatic N) is 2. The molecule has 0 aliphatic heterocycles. The van der Waals surface area contributed by atoms with Crippen molar-refractivity contribution < 1.29 is 14.3 Å². The topological polar surface area (TPSA) is 92.0 Å². The van der Waals surface area contributed by atoms with Crippen molar-refractivity contribution in [1.82, 2.24) is 15.2 Å². The number of aromatic amines is 1. The fraction of sp³-hybridized carbons (Fsp3) is 0. The van der Waals surface area contributed by atoms with Gasteiger partial charge in [0.2, 0.25) is 5.16 Å². The van der Waals surface area contributed by atoms with Crippen LogP contribution in [0.25, 0.3) is 17.5 Å². The minimum atomic E-state index is -1.11. The molecule has 3 aromatic rings. The van der Waals surface area contributed by atoms with Crippen LogP contribution in [-0.2, 0) is 4.79 Å². The number of nitrogens with one attached hydrogen (secondary N) is 1. The zero-order chi connectivity index (χ0) is 18.0. The summed E-state index contributed by atoms with van der Waals surface area (Å²) < 4.78 is 6.55. The first-order chi connectivity index (χ1) is 11.9. The van der Waals surface area contributed by atoms with Gasteiger partial charge in [-0.15, -0.1) is 5.10 Å². The Labute approximate surface area is 167 Å². The lowest BCUT2D eigenvalue weighted by Crippen LogP contribution is -1.97. The third-order valence-corrected chi connectivity index (χ3v) is 5.77. The lowest BCUT2D eigenvalue weighted by Gasteiger charge is -1.97. The number of carbonyl (C=O) groups is 1. The SMILES string of the molecule is O=C(O)/C(=C/c1cc(Br)c(Br)o1)Sc1n[nH]c(-c2ccc(Cl)cc2)n1. The van der Waals surface area contributed by atoms with Crippen LogP contribution in [0.3, 0.4) is 0 Å². The molecule has 0 aliphatic carbocycles. The van der Waals surface area contributed by atoms with Crippen LogP contribution in [0.4, 0.5) is 0 Å². The number of H-pyrrole nitrogens is 1. The predicted octanol–water partition coefficient (Wildman–Crippen LogP) is 5.46. The number of carboxylic acid groups (broad SMARTS) is 1. The molecule has 0 aliphatic rings. The van der Waals surface area contributed by atoms with Gasteiger partial charge in [-0.05, 0) is 74.0 Å². The Balaban J connectivity index is 1.83. The first-order valence-corrected chi connectivity index (χ1v) is 9.46. The first-order valence-electron chi connectivity index (χ1n) is 6.68. The molecule has 0 atom stereocenters. The molecule has 0 saturated carbocycles. The molecule has 128 valence electrons. The van der Waals surface area contributed by atoms with Crippen LogP contribution in [-0.4, -0.2) is 26.3 Å². The molecule has 0 radical (unpaired) electrons. The molecule has 3 rings (SSSR count). The van der Waals surface area contributed by atoms with E-state index in [1.54, 1.807) is 30.3 Å². The van der Waals surface area contributed by atoms with Crippen LogP contribution in [0.15, 0.2) is 54.0 Å². The number of thioether (sulfide) groups is 1. The molecule has 1 aromatic carbocycles. The van der Waals surface area contributed by atoms with Crippen molar-refractivity contribution >= 4 is 67.3 Å². The second kappa shape index (κ2) is 7.77. The second-order valence-electron chi connectivity index (χ2n) is 4.66. The minimum absolute atomic E-state index is 0.0235. The molecule has 0 amide bonds. The Bertz CT molecular complexity index is 934. The van der Waals surface area contributed by atoms with Crippen molar-refractivity contribution in [1.29, 1.82) is 0 Å². The molecule has 2 aromatic heterocycles. The fourth-order valence-electron chi connectivity index (χ4n) is 1.83. The summed E-state index contributed by atoms with van der Waals surface area (Å²) in [5.74, 6) is -0.198. The van der Waals surface area contributed by atoms with E-state index < -0.39 is 5.97 Å². The average molecular weight is 506 g/mol. The number of hydrogen-bond donors (Lipinski definition) is 2. The molecule has 2 N–H and O–H groups in total. The van der Waals surface area contributed by atoms with Crippen LogP contribution in [0.1, 0.15) is 5.76 Å². The van der Waals surface area contributed by atoms with Gasteiger partial charge in [0.25, 0.3) is 0 Å². The van der Waals surface area contributed by atoms with Crippen LogP contribution < -0.4 is 0 Å². The number of halogens is 3. The van der Waals surface area contributed by atoms with Gasteiger partial charge in [0.15, 0.2) is 10.5 Å². The standard InChI is InChI=1S/C15H8Br2ClN3O3S/c16-10-5-9(24-12(10)17)6-11(14(22)23)25-15-19-13(20-21-15)7-1-3-8(18)4-2-7/h1-6H,(H,22,23)(H,19,20,21)/b11-6-. The van der Waals surface area contributed by atoms with E-state index in [1.165, 1.54) is 6.08 Å². The van der Waals surface area contributed by atoms with E-state index in [0.717, 1.165) is 17.3 Å². The van der Waals surface area contributed by atoms with Crippen LogP contribution >= 0.6 is 55.2 Å². The summed E-state index contributed by atoms with van der Waals surface area (Å²) in [5, 5.41) is 17.1. The third-order valence-electron chi connectivity index (χ3n) is 2.93. The van der Waals surface area contributed by atoms with Crippen LogP contribution in [0.2, 0.25) is 5.02 Å². The highest BCUT2D eigenvalue weighted by Gasteiger charge is 2.16. The van der Waals surface area contributed by atoms with E-state index in [9.17, 15) is 9.90 Å². The molecule has 0 bridgehead atoms. The van der Waals surface area contributed by atoms with Gasteiger partial charge >= 0.3 is 5.97 Å². The Morgan fingerprint density at radius 2 is 2.04 bits per heavy atom. The van der Waals surface area contributed by atoms with E-state index in [-0.39, 0.29) is 10.1 Å². The van der Waals surface area contributed by atoms with Crippen LogP contribution in [0.5, 0.6) is 0 Å². The smallest absolute Gasteiger partial charge is 0.342 e. The molecule has 25 heavy (non-hydrogen) atoms. The highest BCUT2D eigenvalue weighted by atomic mass is 79.9. The van der Waals surface area contributed by atoms with Gasteiger partial charge in [-0.1, -0.05) is 11.6 Å². The highest BCUT2D eigenvalue weighted by Crippen LogP contribution is 2.31. The van der Waals surface area contributed by atoms with Gasteiger partial charge in [0.05, 0.1) is 4.47 Å². The molecular weight excluding hydrogens is 498 g/mol. The van der Waals surface area contributed by atoms with Gasteiger partial charge in [0.1, 0.15) is 10.7 Å². The molecule has 10 heteroatoms. The number of furan rings is 1. The lowest BCUT2D eigenvalue weighted by molar-refractivity contribution is -0.131. The Morgan fingerprint density at radius 3 is 2.64 bits per heavy atom. The predicted molar refractivity (Wildman–Crippen MR) is 102 cm³/mol. The second-order valence-corrected chi connectivity index (χ2v) is 7.68. The van der Waals surface area contributed by atoms with Crippen molar-refractivity contribution in [3.8, 4) is 11.4 Å². The summed E-state index contributed by atoms with van der Waals surface area (Å²) in [6.45, 7) is 0. The number of benzene rings is 1. The highest BCUT2D eigenvalue weighted by molar-refractivity contribution is 9.13. The van der Waals surface area contributed by atoms with E-state index in [4.69, 9.17) is 16.0 Å². The maximum absolute atomic E-state index is 11.5. The molecule has 0 unspecified atom stereocenters. The van der Waals surface area contributed by atoms with Crippen molar-refractivity contribution in [2.24, 2.45) is 0 Å². The quantitative estimate of drug-likeness (QED) is 0.353. The molecule has 6 nitrogen and oxygen atoms in total. The van der Waals surface area contributed by atoms with Crippen LogP contribution in [0, 0.1) is 0 Å². The fourth-order valence-corrected chi connectivity index (χ4v) is 3.25. The first kappa shape index (κ1) is 18.2. The number of aliphatic carboxylic acids is 1.